The fraction of sp³-hybridized carbons (Fsp3) is 0.304. The summed E-state index contributed by atoms with van der Waals surface area (Å²) in [5.74, 6) is 0. The molecule has 9 nitrogen and oxygen atoms in total. The lowest BCUT2D eigenvalue weighted by Crippen LogP contribution is -2.46. The van der Waals surface area contributed by atoms with Gasteiger partial charge in [-0.15, -0.1) is 12.4 Å². The predicted octanol–water partition coefficient (Wildman–Crippen LogP) is 3.15. The molecule has 1 aromatic heterocycles. The summed E-state index contributed by atoms with van der Waals surface area (Å²) in [6.07, 6.45) is 4.97. The van der Waals surface area contributed by atoms with Crippen LogP contribution in [0.3, 0.4) is 0 Å². The van der Waals surface area contributed by atoms with E-state index in [4.69, 9.17) is 5.14 Å². The van der Waals surface area contributed by atoms with Gasteiger partial charge >= 0.3 is 6.03 Å². The van der Waals surface area contributed by atoms with Crippen molar-refractivity contribution in [1.82, 2.24) is 19.4 Å². The average molecular weight is 505 g/mol. The molecule has 2 heterocycles. The van der Waals surface area contributed by atoms with Gasteiger partial charge in [-0.3, -0.25) is 14.2 Å². The molecule has 1 amide bonds. The lowest BCUT2D eigenvalue weighted by Gasteiger charge is -2.36. The van der Waals surface area contributed by atoms with Crippen LogP contribution in [0.25, 0.3) is 11.3 Å². The Morgan fingerprint density at radius 1 is 1.15 bits per heavy atom. The number of benzene rings is 2. The number of carbonyl (C=O) groups excluding carboxylic acids is 1. The third-order valence-corrected chi connectivity index (χ3v) is 6.40. The van der Waals surface area contributed by atoms with Crippen LogP contribution in [0.5, 0.6) is 0 Å². The summed E-state index contributed by atoms with van der Waals surface area (Å²) in [6, 6.07) is 17.1. The van der Waals surface area contributed by atoms with Crippen LogP contribution in [0.1, 0.15) is 18.4 Å². The molecule has 3 N–H and O–H groups in total. The molecule has 34 heavy (non-hydrogen) atoms. The molecule has 0 spiro atoms. The summed E-state index contributed by atoms with van der Waals surface area (Å²) in [7, 11) is -2.04. The fourth-order valence-electron chi connectivity index (χ4n) is 4.13. The average Bonchev–Trinajstić information content (AvgIpc) is 3.29. The Morgan fingerprint density at radius 2 is 1.85 bits per heavy atom. The number of piperidine rings is 1. The van der Waals surface area contributed by atoms with Crippen LogP contribution in [0.15, 0.2) is 67.1 Å². The zero-order valence-corrected chi connectivity index (χ0v) is 20.5. The number of nitrogens with two attached hydrogens (primary N) is 1. The first-order chi connectivity index (χ1) is 15.8. The van der Waals surface area contributed by atoms with Gasteiger partial charge in [-0.25, -0.2) is 14.9 Å². The second-order valence-electron chi connectivity index (χ2n) is 8.28. The van der Waals surface area contributed by atoms with Crippen molar-refractivity contribution in [3.8, 4) is 11.3 Å². The van der Waals surface area contributed by atoms with Gasteiger partial charge in [0.05, 0.1) is 11.4 Å². The number of likely N-dealkylation sites (tertiary alicyclic amines) is 1. The van der Waals surface area contributed by atoms with Gasteiger partial charge in [-0.1, -0.05) is 42.5 Å². The minimum Gasteiger partial charge on any atom is -0.324 e. The van der Waals surface area contributed by atoms with Gasteiger partial charge < -0.3 is 4.90 Å². The highest BCUT2D eigenvalue weighted by Gasteiger charge is 2.26. The van der Waals surface area contributed by atoms with Gasteiger partial charge in [0.25, 0.3) is 10.2 Å². The first-order valence-electron chi connectivity index (χ1n) is 10.8. The van der Waals surface area contributed by atoms with Crippen molar-refractivity contribution in [3.63, 3.8) is 0 Å². The molecule has 1 aliphatic heterocycles. The molecule has 182 valence electrons. The lowest BCUT2D eigenvalue weighted by molar-refractivity contribution is 0.132. The van der Waals surface area contributed by atoms with Crippen molar-refractivity contribution in [3.05, 3.63) is 72.7 Å². The second kappa shape index (κ2) is 11.0. The van der Waals surface area contributed by atoms with Crippen LogP contribution in [-0.2, 0) is 16.8 Å². The van der Waals surface area contributed by atoms with Crippen LogP contribution in [0.4, 0.5) is 10.5 Å². The number of nitrogens with one attached hydrogen (secondary N) is 1. The minimum atomic E-state index is -3.87. The van der Waals surface area contributed by atoms with E-state index in [1.165, 1.54) is 16.5 Å². The van der Waals surface area contributed by atoms with Gasteiger partial charge in [0, 0.05) is 44.5 Å². The zero-order chi connectivity index (χ0) is 23.4. The number of amides is 1. The minimum absolute atomic E-state index is 0. The van der Waals surface area contributed by atoms with E-state index in [0.717, 1.165) is 32.5 Å². The molecule has 0 unspecified atom stereocenters. The van der Waals surface area contributed by atoms with E-state index in [0.29, 0.717) is 16.9 Å². The van der Waals surface area contributed by atoms with E-state index >= 15 is 0 Å². The number of imidazole rings is 1. The Morgan fingerprint density at radius 3 is 2.53 bits per heavy atom. The fourth-order valence-corrected chi connectivity index (χ4v) is 4.58. The Kier molecular flexibility index (Phi) is 8.32. The molecule has 0 bridgehead atoms. The SMILES string of the molecule is CN(C(=O)n1cnc(-c2cccc(NS(N)(=O)=O)c2)c1)C1CCN(Cc2ccccc2)CC1.Cl. The van der Waals surface area contributed by atoms with Gasteiger partial charge in [-0.05, 0) is 30.5 Å². The third kappa shape index (κ3) is 6.57. The van der Waals surface area contributed by atoms with Crippen molar-refractivity contribution in [1.29, 1.82) is 0 Å². The Hall–Kier alpha value is -2.92. The van der Waals surface area contributed by atoms with Crippen molar-refractivity contribution in [2.75, 3.05) is 24.9 Å². The largest absolute Gasteiger partial charge is 0.329 e. The molecule has 4 rings (SSSR count). The molecule has 0 radical (unpaired) electrons. The topological polar surface area (TPSA) is 114 Å². The quantitative estimate of drug-likeness (QED) is 0.535. The zero-order valence-electron chi connectivity index (χ0n) is 18.9. The number of halogens is 1. The highest BCUT2D eigenvalue weighted by atomic mass is 35.5. The van der Waals surface area contributed by atoms with E-state index in [2.05, 4.69) is 38.9 Å². The molecule has 1 saturated heterocycles. The maximum atomic E-state index is 13.0. The molecule has 0 aliphatic carbocycles. The number of carbonyl (C=O) groups is 1. The van der Waals surface area contributed by atoms with Gasteiger partial charge in [-0.2, -0.15) is 8.42 Å². The van der Waals surface area contributed by atoms with Crippen molar-refractivity contribution < 1.29 is 13.2 Å². The number of nitrogens with zero attached hydrogens (tertiary/aromatic N) is 4. The summed E-state index contributed by atoms with van der Waals surface area (Å²) in [4.78, 5) is 21.6. The second-order valence-corrected chi connectivity index (χ2v) is 9.57. The lowest BCUT2D eigenvalue weighted by atomic mass is 10.0. The van der Waals surface area contributed by atoms with Gasteiger partial charge in [0.2, 0.25) is 0 Å². The predicted molar refractivity (Wildman–Crippen MR) is 135 cm³/mol. The number of anilines is 1. The number of hydrogen-bond donors (Lipinski definition) is 2. The number of rotatable bonds is 6. The Balaban J connectivity index is 0.00000324. The summed E-state index contributed by atoms with van der Waals surface area (Å²) >= 11 is 0. The smallest absolute Gasteiger partial charge is 0.324 e. The molecular weight excluding hydrogens is 476 g/mol. The van der Waals surface area contributed by atoms with Crippen LogP contribution in [0.2, 0.25) is 0 Å². The van der Waals surface area contributed by atoms with Crippen molar-refractivity contribution in [2.45, 2.75) is 25.4 Å². The molecule has 0 atom stereocenters. The van der Waals surface area contributed by atoms with Gasteiger partial charge in [0.1, 0.15) is 6.33 Å². The Labute approximate surface area is 206 Å². The maximum Gasteiger partial charge on any atom is 0.329 e. The monoisotopic (exact) mass is 504 g/mol. The van der Waals surface area contributed by atoms with E-state index in [9.17, 15) is 13.2 Å². The first kappa shape index (κ1) is 25.7. The summed E-state index contributed by atoms with van der Waals surface area (Å²) in [5.41, 5.74) is 2.87. The maximum absolute atomic E-state index is 13.0. The highest BCUT2D eigenvalue weighted by Crippen LogP contribution is 2.23. The number of aromatic nitrogens is 2. The van der Waals surface area contributed by atoms with Crippen LogP contribution in [-0.4, -0.2) is 60.0 Å². The normalized spacial score (nSPS) is 14.9. The van der Waals surface area contributed by atoms with E-state index in [1.54, 1.807) is 35.4 Å². The van der Waals surface area contributed by atoms with E-state index in [-0.39, 0.29) is 24.5 Å². The number of hydrogen-bond acceptors (Lipinski definition) is 5. The van der Waals surface area contributed by atoms with E-state index in [1.807, 2.05) is 13.1 Å². The third-order valence-electron chi connectivity index (χ3n) is 5.88. The standard InChI is InChI=1S/C23H28N6O3S.ClH/c1-27(21-10-12-28(13-11-21)15-18-6-3-2-4-7-18)23(30)29-16-22(25-17-29)19-8-5-9-20(14-19)26-33(24,31)32;/h2-9,14,16-17,21,26H,10-13,15H2,1H3,(H2,24,31,32);1H. The molecule has 3 aromatic rings. The van der Waals surface area contributed by atoms with Crippen LogP contribution < -0.4 is 9.86 Å². The molecule has 1 aliphatic rings. The summed E-state index contributed by atoms with van der Waals surface area (Å²) < 4.78 is 26.2. The Bertz CT molecular complexity index is 1210. The van der Waals surface area contributed by atoms with Crippen molar-refractivity contribution in [2.24, 2.45) is 5.14 Å². The molecule has 2 aromatic carbocycles. The molecule has 1 fully saturated rings. The van der Waals surface area contributed by atoms with Gasteiger partial charge in [0.15, 0.2) is 0 Å². The first-order valence-corrected chi connectivity index (χ1v) is 12.3. The summed E-state index contributed by atoms with van der Waals surface area (Å²) in [5, 5.41) is 5.04. The summed E-state index contributed by atoms with van der Waals surface area (Å²) in [6.45, 7) is 2.81. The molecular formula is C23H29ClN6O3S. The van der Waals surface area contributed by atoms with E-state index < -0.39 is 10.2 Å². The van der Waals surface area contributed by atoms with Crippen LogP contribution in [0, 0.1) is 0 Å². The van der Waals surface area contributed by atoms with Crippen molar-refractivity contribution >= 4 is 34.3 Å². The molecule has 11 heteroatoms. The van der Waals surface area contributed by atoms with Crippen LogP contribution >= 0.6 is 12.4 Å². The molecule has 0 saturated carbocycles. The highest BCUT2D eigenvalue weighted by molar-refractivity contribution is 7.90.